The van der Waals surface area contributed by atoms with Gasteiger partial charge in [0, 0.05) is 8.04 Å². The molecule has 3 radical (unpaired) electrons. The summed E-state index contributed by atoms with van der Waals surface area (Å²) in [6, 6.07) is 6.03. The average molecular weight is 310 g/mol. The van der Waals surface area contributed by atoms with Gasteiger partial charge in [-0.2, -0.15) is 0 Å². The molecule has 3 heteroatoms. The van der Waals surface area contributed by atoms with Gasteiger partial charge in [-0.05, 0) is 44.6 Å². The minimum absolute atomic E-state index is 1.13. The van der Waals surface area contributed by atoms with E-state index in [1.807, 2.05) is 18.2 Å². The van der Waals surface area contributed by atoms with Gasteiger partial charge in [0.1, 0.15) is 0 Å². The SMILES string of the molecule is [Si]c1cccc(Br)c1I. The molecule has 9 heavy (non-hydrogen) atoms. The van der Waals surface area contributed by atoms with Crippen molar-refractivity contribution in [2.45, 2.75) is 0 Å². The highest BCUT2D eigenvalue weighted by molar-refractivity contribution is 14.1. The number of rotatable bonds is 0. The van der Waals surface area contributed by atoms with E-state index >= 15 is 0 Å². The Hall–Kier alpha value is 0.647. The standard InChI is InChI=1S/C6H3BrISi/c7-4-2-1-3-5(9)6(4)8/h1-3H. The molecule has 0 nitrogen and oxygen atoms in total. The van der Waals surface area contributed by atoms with E-state index in [1.165, 1.54) is 3.57 Å². The third-order valence-corrected chi connectivity index (χ3v) is 4.44. The molecule has 1 rings (SSSR count). The van der Waals surface area contributed by atoms with Gasteiger partial charge in [0.25, 0.3) is 0 Å². The Kier molecular flexibility index (Phi) is 2.72. The number of benzene rings is 1. The van der Waals surface area contributed by atoms with E-state index in [0.717, 1.165) is 9.66 Å². The van der Waals surface area contributed by atoms with E-state index in [-0.39, 0.29) is 0 Å². The van der Waals surface area contributed by atoms with Crippen LogP contribution < -0.4 is 5.19 Å². The van der Waals surface area contributed by atoms with Crippen molar-refractivity contribution in [1.82, 2.24) is 0 Å². The van der Waals surface area contributed by atoms with Crippen LogP contribution in [0.3, 0.4) is 0 Å². The van der Waals surface area contributed by atoms with E-state index in [2.05, 4.69) is 48.8 Å². The Morgan fingerprint density at radius 2 is 2.11 bits per heavy atom. The second kappa shape index (κ2) is 3.16. The lowest BCUT2D eigenvalue weighted by molar-refractivity contribution is 1.64. The van der Waals surface area contributed by atoms with Crippen molar-refractivity contribution in [3.05, 3.63) is 26.2 Å². The fourth-order valence-corrected chi connectivity index (χ4v) is 1.64. The molecule has 0 heterocycles. The second-order valence-electron chi connectivity index (χ2n) is 1.60. The predicted molar refractivity (Wildman–Crippen MR) is 52.2 cm³/mol. The van der Waals surface area contributed by atoms with Crippen LogP contribution in [0.2, 0.25) is 0 Å². The summed E-state index contributed by atoms with van der Waals surface area (Å²) in [6.45, 7) is 0. The molecular formula is C6H3BrISi. The minimum atomic E-state index is 1.13. The molecule has 0 bridgehead atoms. The van der Waals surface area contributed by atoms with E-state index < -0.39 is 0 Å². The summed E-state index contributed by atoms with van der Waals surface area (Å²) in [6.07, 6.45) is 0. The first-order valence-electron chi connectivity index (χ1n) is 2.37. The maximum absolute atomic E-state index is 3.46. The lowest BCUT2D eigenvalue weighted by Crippen LogP contribution is -2.06. The lowest BCUT2D eigenvalue weighted by atomic mass is 10.4. The van der Waals surface area contributed by atoms with Gasteiger partial charge in [0.15, 0.2) is 0 Å². The fraction of sp³-hybridized carbons (Fsp3) is 0. The maximum Gasteiger partial charge on any atom is 0.0727 e. The van der Waals surface area contributed by atoms with Crippen LogP contribution in [0.1, 0.15) is 0 Å². The minimum Gasteiger partial charge on any atom is -0.0627 e. The molecule has 0 aliphatic rings. The molecule has 0 N–H and O–H groups in total. The van der Waals surface area contributed by atoms with Gasteiger partial charge in [-0.1, -0.05) is 17.3 Å². The van der Waals surface area contributed by atoms with Crippen molar-refractivity contribution in [2.24, 2.45) is 0 Å². The number of hydrogen-bond donors (Lipinski definition) is 0. The summed E-state index contributed by atoms with van der Waals surface area (Å²) in [4.78, 5) is 0. The number of halogens is 2. The molecular weight excluding hydrogens is 307 g/mol. The molecule has 0 saturated carbocycles. The van der Waals surface area contributed by atoms with Crippen LogP contribution in [0.25, 0.3) is 0 Å². The van der Waals surface area contributed by atoms with Gasteiger partial charge in [-0.25, -0.2) is 0 Å². The highest BCUT2D eigenvalue weighted by atomic mass is 127. The van der Waals surface area contributed by atoms with E-state index in [4.69, 9.17) is 0 Å². The van der Waals surface area contributed by atoms with Gasteiger partial charge >= 0.3 is 0 Å². The normalized spacial score (nSPS) is 9.67. The summed E-state index contributed by atoms with van der Waals surface area (Å²) >= 11 is 5.68. The molecule has 0 atom stereocenters. The zero-order valence-corrected chi connectivity index (χ0v) is 9.23. The third-order valence-electron chi connectivity index (χ3n) is 0.952. The molecule has 0 saturated heterocycles. The predicted octanol–water partition coefficient (Wildman–Crippen LogP) is 1.85. The quantitative estimate of drug-likeness (QED) is 0.507. The second-order valence-corrected chi connectivity index (χ2v) is 4.07. The van der Waals surface area contributed by atoms with E-state index in [0.29, 0.717) is 0 Å². The van der Waals surface area contributed by atoms with Crippen molar-refractivity contribution in [1.29, 1.82) is 0 Å². The van der Waals surface area contributed by atoms with Gasteiger partial charge in [-0.15, -0.1) is 0 Å². The number of hydrogen-bond acceptors (Lipinski definition) is 0. The summed E-state index contributed by atoms with van der Waals surface area (Å²) in [7, 11) is 3.46. The largest absolute Gasteiger partial charge is 0.0727 e. The Morgan fingerprint density at radius 3 is 2.56 bits per heavy atom. The molecule has 0 aliphatic heterocycles. The first-order chi connectivity index (χ1) is 4.22. The Bertz CT molecular complexity index is 204. The van der Waals surface area contributed by atoms with Crippen molar-refractivity contribution in [2.75, 3.05) is 0 Å². The van der Waals surface area contributed by atoms with Crippen LogP contribution in [0.15, 0.2) is 22.7 Å². The highest BCUT2D eigenvalue weighted by Gasteiger charge is 1.95. The van der Waals surface area contributed by atoms with Crippen LogP contribution in [0.5, 0.6) is 0 Å². The Morgan fingerprint density at radius 1 is 1.44 bits per heavy atom. The third kappa shape index (κ3) is 1.78. The molecule has 1 aromatic carbocycles. The Balaban J connectivity index is 3.25. The van der Waals surface area contributed by atoms with Gasteiger partial charge in [0.2, 0.25) is 0 Å². The lowest BCUT2D eigenvalue weighted by Gasteiger charge is -1.97. The van der Waals surface area contributed by atoms with Crippen LogP contribution in [-0.2, 0) is 0 Å². The van der Waals surface area contributed by atoms with Crippen LogP contribution >= 0.6 is 38.5 Å². The summed E-state index contributed by atoms with van der Waals surface area (Å²) in [5.74, 6) is 0. The summed E-state index contributed by atoms with van der Waals surface area (Å²) in [5.41, 5.74) is 0. The van der Waals surface area contributed by atoms with Crippen molar-refractivity contribution in [3.63, 3.8) is 0 Å². The van der Waals surface area contributed by atoms with E-state index in [1.54, 1.807) is 0 Å². The van der Waals surface area contributed by atoms with E-state index in [9.17, 15) is 0 Å². The maximum atomic E-state index is 3.46. The van der Waals surface area contributed by atoms with Crippen molar-refractivity contribution in [3.8, 4) is 0 Å². The molecule has 0 spiro atoms. The first kappa shape index (κ1) is 7.75. The summed E-state index contributed by atoms with van der Waals surface area (Å²) in [5, 5.41) is 1.13. The van der Waals surface area contributed by atoms with Crippen LogP contribution in [0.4, 0.5) is 0 Å². The molecule has 45 valence electrons. The topological polar surface area (TPSA) is 0 Å². The molecule has 0 fully saturated rings. The van der Waals surface area contributed by atoms with Crippen molar-refractivity contribution >= 4 is 54.0 Å². The average Bonchev–Trinajstić information content (AvgIpc) is 1.83. The Labute approximate surface area is 79.7 Å². The van der Waals surface area contributed by atoms with Crippen molar-refractivity contribution < 1.29 is 0 Å². The van der Waals surface area contributed by atoms with Gasteiger partial charge in [0.05, 0.1) is 10.2 Å². The molecule has 1 aromatic rings. The van der Waals surface area contributed by atoms with Gasteiger partial charge in [-0.3, -0.25) is 0 Å². The molecule has 0 aliphatic carbocycles. The fourth-order valence-electron chi connectivity index (χ4n) is 0.504. The van der Waals surface area contributed by atoms with Crippen LogP contribution in [0, 0.1) is 3.57 Å². The van der Waals surface area contributed by atoms with Gasteiger partial charge < -0.3 is 0 Å². The molecule has 0 aromatic heterocycles. The van der Waals surface area contributed by atoms with Crippen LogP contribution in [-0.4, -0.2) is 10.2 Å². The molecule has 0 amide bonds. The highest BCUT2D eigenvalue weighted by Crippen LogP contribution is 2.14. The summed E-state index contributed by atoms with van der Waals surface area (Å²) < 4.78 is 2.35. The monoisotopic (exact) mass is 309 g/mol. The smallest absolute Gasteiger partial charge is 0.0627 e. The molecule has 0 unspecified atom stereocenters. The first-order valence-corrected chi connectivity index (χ1v) is 4.74. The zero-order valence-electron chi connectivity index (χ0n) is 4.49. The zero-order chi connectivity index (χ0) is 6.85.